The lowest BCUT2D eigenvalue weighted by Gasteiger charge is -2.24. The topological polar surface area (TPSA) is 50.3 Å². The average Bonchev–Trinajstić information content (AvgIpc) is 3.31. The summed E-state index contributed by atoms with van der Waals surface area (Å²) in [4.78, 5) is 7.56. The molecule has 0 aliphatic carbocycles. The minimum atomic E-state index is -3.26. The van der Waals surface area contributed by atoms with Gasteiger partial charge in [-0.15, -0.1) is 0 Å². The summed E-state index contributed by atoms with van der Waals surface area (Å²) in [5.41, 5.74) is 4.84. The Morgan fingerprint density at radius 2 is 1.15 bits per heavy atom. The molecule has 4 aromatic carbocycles. The predicted molar refractivity (Wildman–Crippen MR) is 141 cm³/mol. The molecule has 0 atom stereocenters. The molecule has 0 unspecified atom stereocenters. The highest BCUT2D eigenvalue weighted by molar-refractivity contribution is 7.90. The molecule has 0 spiro atoms. The second kappa shape index (κ2) is 9.25. The maximum absolute atomic E-state index is 11.9. The summed E-state index contributed by atoms with van der Waals surface area (Å²) >= 11 is 1.58. The van der Waals surface area contributed by atoms with Crippen molar-refractivity contribution in [3.63, 3.8) is 0 Å². The molecule has 6 heteroatoms. The minimum absolute atomic E-state index is 0.298. The van der Waals surface area contributed by atoms with Crippen LogP contribution in [0.3, 0.4) is 0 Å². The molecule has 0 fully saturated rings. The molecule has 0 amide bonds. The molecule has 5 aromatic rings. The Morgan fingerprint density at radius 1 is 0.647 bits per heavy atom. The van der Waals surface area contributed by atoms with Gasteiger partial charge in [0.25, 0.3) is 0 Å². The Kier molecular flexibility index (Phi) is 6.01. The van der Waals surface area contributed by atoms with Gasteiger partial charge in [0.2, 0.25) is 0 Å². The summed E-state index contributed by atoms with van der Waals surface area (Å²) in [6.07, 6.45) is 1.22. The third-order valence-electron chi connectivity index (χ3n) is 5.42. The van der Waals surface area contributed by atoms with Gasteiger partial charge in [-0.05, 0) is 36.4 Å². The lowest BCUT2D eigenvalue weighted by molar-refractivity contribution is 0.602. The Balaban J connectivity index is 1.71. The van der Waals surface area contributed by atoms with Crippen LogP contribution in [0.15, 0.2) is 120 Å². The number of para-hydroxylation sites is 2. The number of benzene rings is 4. The first-order valence-corrected chi connectivity index (χ1v) is 13.5. The highest BCUT2D eigenvalue weighted by Crippen LogP contribution is 2.46. The standard InChI is InChI=1S/C28H22N2O2S2/c1-34(31,32)25-19-17-22(18-20-25)27-29-26(21-11-5-2-6-12-21)28(33-27)30(23-13-7-3-8-14-23)24-15-9-4-10-16-24/h2-20H,1H3. The van der Waals surface area contributed by atoms with E-state index in [0.717, 1.165) is 38.2 Å². The average molecular weight is 483 g/mol. The summed E-state index contributed by atoms with van der Waals surface area (Å²) in [5.74, 6) is 0. The van der Waals surface area contributed by atoms with Crippen LogP contribution in [0.5, 0.6) is 0 Å². The van der Waals surface area contributed by atoms with Crippen LogP contribution in [0.25, 0.3) is 21.8 Å². The molecule has 0 aliphatic rings. The smallest absolute Gasteiger partial charge is 0.175 e. The van der Waals surface area contributed by atoms with Crippen LogP contribution >= 0.6 is 11.3 Å². The van der Waals surface area contributed by atoms with Crippen LogP contribution in [0.2, 0.25) is 0 Å². The van der Waals surface area contributed by atoms with E-state index >= 15 is 0 Å². The van der Waals surface area contributed by atoms with E-state index < -0.39 is 9.84 Å². The van der Waals surface area contributed by atoms with Crippen LogP contribution in [0.4, 0.5) is 16.4 Å². The van der Waals surface area contributed by atoms with E-state index in [4.69, 9.17) is 4.98 Å². The number of aromatic nitrogens is 1. The fourth-order valence-corrected chi connectivity index (χ4v) is 5.52. The lowest BCUT2D eigenvalue weighted by Crippen LogP contribution is -2.09. The van der Waals surface area contributed by atoms with Crippen LogP contribution in [0, 0.1) is 0 Å². The summed E-state index contributed by atoms with van der Waals surface area (Å²) in [6, 6.07) is 37.5. The number of anilines is 3. The number of sulfone groups is 1. The van der Waals surface area contributed by atoms with Crippen LogP contribution < -0.4 is 4.90 Å². The molecule has 168 valence electrons. The van der Waals surface area contributed by atoms with E-state index in [-0.39, 0.29) is 0 Å². The first kappa shape index (κ1) is 22.1. The fraction of sp³-hybridized carbons (Fsp3) is 0.0357. The van der Waals surface area contributed by atoms with Crippen molar-refractivity contribution >= 4 is 37.5 Å². The van der Waals surface area contributed by atoms with E-state index in [1.807, 2.05) is 66.7 Å². The molecule has 0 N–H and O–H groups in total. The molecule has 1 aromatic heterocycles. The van der Waals surface area contributed by atoms with Crippen LogP contribution in [-0.4, -0.2) is 19.7 Å². The quantitative estimate of drug-likeness (QED) is 0.254. The maximum Gasteiger partial charge on any atom is 0.175 e. The van der Waals surface area contributed by atoms with Gasteiger partial charge in [0.05, 0.1) is 4.90 Å². The number of hydrogen-bond donors (Lipinski definition) is 0. The fourth-order valence-electron chi connectivity index (χ4n) is 3.75. The number of nitrogens with zero attached hydrogens (tertiary/aromatic N) is 2. The van der Waals surface area contributed by atoms with Gasteiger partial charge in [-0.25, -0.2) is 13.4 Å². The van der Waals surface area contributed by atoms with Crippen LogP contribution in [0.1, 0.15) is 0 Å². The number of rotatable bonds is 6. The molecule has 0 radical (unpaired) electrons. The van der Waals surface area contributed by atoms with Crippen molar-refractivity contribution in [2.45, 2.75) is 4.90 Å². The van der Waals surface area contributed by atoms with Gasteiger partial charge >= 0.3 is 0 Å². The van der Waals surface area contributed by atoms with Gasteiger partial charge in [-0.1, -0.05) is 90.2 Å². The molecule has 0 saturated carbocycles. The Bertz CT molecular complexity index is 1460. The monoisotopic (exact) mass is 482 g/mol. The molecule has 0 aliphatic heterocycles. The van der Waals surface area contributed by atoms with E-state index in [0.29, 0.717) is 4.90 Å². The van der Waals surface area contributed by atoms with Gasteiger partial charge < -0.3 is 4.90 Å². The summed E-state index contributed by atoms with van der Waals surface area (Å²) in [5, 5.41) is 1.82. The normalized spacial score (nSPS) is 11.3. The SMILES string of the molecule is CS(=O)(=O)c1ccc(-c2nc(-c3ccccc3)c(N(c3ccccc3)c3ccccc3)s2)cc1. The Labute approximate surface area is 203 Å². The molecule has 1 heterocycles. The van der Waals surface area contributed by atoms with E-state index in [1.165, 1.54) is 6.26 Å². The largest absolute Gasteiger partial charge is 0.300 e. The number of thiazole rings is 1. The lowest BCUT2D eigenvalue weighted by atomic mass is 10.1. The van der Waals surface area contributed by atoms with Gasteiger partial charge in [-0.2, -0.15) is 0 Å². The summed E-state index contributed by atoms with van der Waals surface area (Å²) in [6.45, 7) is 0. The van der Waals surface area contributed by atoms with Crippen molar-refractivity contribution < 1.29 is 8.42 Å². The minimum Gasteiger partial charge on any atom is -0.300 e. The highest BCUT2D eigenvalue weighted by atomic mass is 32.2. The first-order chi connectivity index (χ1) is 16.5. The number of hydrogen-bond acceptors (Lipinski definition) is 5. The first-order valence-electron chi connectivity index (χ1n) is 10.8. The van der Waals surface area contributed by atoms with Gasteiger partial charge in [-0.3, -0.25) is 0 Å². The van der Waals surface area contributed by atoms with Crippen molar-refractivity contribution in [2.24, 2.45) is 0 Å². The summed E-state index contributed by atoms with van der Waals surface area (Å²) in [7, 11) is -3.26. The van der Waals surface area contributed by atoms with Crippen molar-refractivity contribution in [1.29, 1.82) is 0 Å². The molecule has 5 rings (SSSR count). The zero-order chi connectivity index (χ0) is 23.5. The molecule has 4 nitrogen and oxygen atoms in total. The third-order valence-corrected chi connectivity index (χ3v) is 7.64. The molecule has 34 heavy (non-hydrogen) atoms. The third kappa shape index (κ3) is 4.51. The second-order valence-corrected chi connectivity index (χ2v) is 10.8. The Hall–Kier alpha value is -3.74. The van der Waals surface area contributed by atoms with E-state index in [1.54, 1.807) is 23.5 Å². The Morgan fingerprint density at radius 3 is 1.65 bits per heavy atom. The maximum atomic E-state index is 11.9. The zero-order valence-electron chi connectivity index (χ0n) is 18.5. The van der Waals surface area contributed by atoms with Crippen LogP contribution in [-0.2, 0) is 9.84 Å². The molecule has 0 bridgehead atoms. The van der Waals surface area contributed by atoms with Crippen molar-refractivity contribution in [2.75, 3.05) is 11.2 Å². The summed E-state index contributed by atoms with van der Waals surface area (Å²) < 4.78 is 23.8. The van der Waals surface area contributed by atoms with Gasteiger partial charge in [0, 0.05) is 28.8 Å². The molecule has 0 saturated heterocycles. The van der Waals surface area contributed by atoms with Crippen molar-refractivity contribution in [3.05, 3.63) is 115 Å². The second-order valence-electron chi connectivity index (χ2n) is 7.84. The van der Waals surface area contributed by atoms with E-state index in [2.05, 4.69) is 41.3 Å². The zero-order valence-corrected chi connectivity index (χ0v) is 20.1. The van der Waals surface area contributed by atoms with Gasteiger partial charge in [0.15, 0.2) is 9.84 Å². The van der Waals surface area contributed by atoms with Gasteiger partial charge in [0.1, 0.15) is 15.7 Å². The van der Waals surface area contributed by atoms with Crippen molar-refractivity contribution in [1.82, 2.24) is 4.98 Å². The molecular formula is C28H22N2O2S2. The van der Waals surface area contributed by atoms with E-state index in [9.17, 15) is 8.42 Å². The van der Waals surface area contributed by atoms with Crippen molar-refractivity contribution in [3.8, 4) is 21.8 Å². The molecular weight excluding hydrogens is 460 g/mol. The highest BCUT2D eigenvalue weighted by Gasteiger charge is 2.22. The predicted octanol–water partition coefficient (Wildman–Crippen LogP) is 7.35.